The molecular formula is C23H23N3O2S2. The van der Waals surface area contributed by atoms with Gasteiger partial charge in [-0.1, -0.05) is 44.2 Å². The van der Waals surface area contributed by atoms with E-state index in [2.05, 4.69) is 5.10 Å². The number of benzene rings is 1. The molecule has 7 heteroatoms. The van der Waals surface area contributed by atoms with Crippen molar-refractivity contribution < 1.29 is 4.79 Å². The summed E-state index contributed by atoms with van der Waals surface area (Å²) in [6.07, 6.45) is 0. The quantitative estimate of drug-likeness (QED) is 0.408. The Balaban J connectivity index is 1.80. The Morgan fingerprint density at radius 1 is 0.967 bits per heavy atom. The highest BCUT2D eigenvalue weighted by atomic mass is 32.1. The zero-order chi connectivity index (χ0) is 21.1. The number of amides is 1. The molecule has 1 aromatic carbocycles. The minimum atomic E-state index is -0.162. The third kappa shape index (κ3) is 4.37. The Labute approximate surface area is 183 Å². The van der Waals surface area contributed by atoms with Crippen LogP contribution in [-0.4, -0.2) is 20.6 Å². The van der Waals surface area contributed by atoms with Crippen LogP contribution in [0.1, 0.15) is 34.1 Å². The van der Waals surface area contributed by atoms with E-state index in [0.29, 0.717) is 36.1 Å². The average molecular weight is 438 g/mol. The molecule has 0 spiro atoms. The summed E-state index contributed by atoms with van der Waals surface area (Å²) in [5.74, 6) is 0.0816. The van der Waals surface area contributed by atoms with Crippen LogP contribution < -0.4 is 5.56 Å². The number of fused-ring (bicyclic) bond motifs is 1. The van der Waals surface area contributed by atoms with Gasteiger partial charge >= 0.3 is 0 Å². The molecule has 0 saturated heterocycles. The standard InChI is InChI=1S/C23H23N3O2S2/c1-16(2)13-26-22(27)20-10-4-3-9-19(20)21(24-26)23(28)25(14-17-7-5-11-29-17)15-18-8-6-12-30-18/h3-12,16H,13-15H2,1-2H3. The summed E-state index contributed by atoms with van der Waals surface area (Å²) >= 11 is 3.26. The molecule has 0 aliphatic heterocycles. The van der Waals surface area contributed by atoms with Crippen LogP contribution in [0.5, 0.6) is 0 Å². The molecule has 154 valence electrons. The maximum Gasteiger partial charge on any atom is 0.275 e. The predicted molar refractivity (Wildman–Crippen MR) is 123 cm³/mol. The van der Waals surface area contributed by atoms with Crippen LogP contribution in [0.25, 0.3) is 10.8 Å². The topological polar surface area (TPSA) is 55.2 Å². The molecule has 4 rings (SSSR count). The van der Waals surface area contributed by atoms with E-state index in [1.54, 1.807) is 28.7 Å². The number of rotatable bonds is 7. The molecule has 30 heavy (non-hydrogen) atoms. The first-order chi connectivity index (χ1) is 14.5. The van der Waals surface area contributed by atoms with E-state index >= 15 is 0 Å². The van der Waals surface area contributed by atoms with Crippen molar-refractivity contribution >= 4 is 39.4 Å². The molecule has 0 saturated carbocycles. The van der Waals surface area contributed by atoms with E-state index < -0.39 is 0 Å². The van der Waals surface area contributed by atoms with Crippen LogP contribution in [0.2, 0.25) is 0 Å². The van der Waals surface area contributed by atoms with Gasteiger partial charge in [0.2, 0.25) is 0 Å². The fourth-order valence-corrected chi connectivity index (χ4v) is 4.83. The second kappa shape index (κ2) is 8.93. The van der Waals surface area contributed by atoms with E-state index in [1.807, 2.05) is 72.0 Å². The van der Waals surface area contributed by atoms with Gasteiger partial charge in [0.05, 0.1) is 18.5 Å². The molecule has 0 bridgehead atoms. The first-order valence-corrected chi connectivity index (χ1v) is 11.6. The van der Waals surface area contributed by atoms with E-state index in [9.17, 15) is 9.59 Å². The number of carbonyl (C=O) groups excluding carboxylic acids is 1. The summed E-state index contributed by atoms with van der Waals surface area (Å²) in [5.41, 5.74) is 0.179. The Morgan fingerprint density at radius 2 is 1.57 bits per heavy atom. The Morgan fingerprint density at radius 3 is 2.10 bits per heavy atom. The van der Waals surface area contributed by atoms with Crippen LogP contribution in [0, 0.1) is 5.92 Å². The molecule has 0 atom stereocenters. The first kappa shape index (κ1) is 20.5. The first-order valence-electron chi connectivity index (χ1n) is 9.87. The van der Waals surface area contributed by atoms with Crippen molar-refractivity contribution in [1.29, 1.82) is 0 Å². The van der Waals surface area contributed by atoms with Crippen LogP contribution in [0.4, 0.5) is 0 Å². The van der Waals surface area contributed by atoms with Gasteiger partial charge < -0.3 is 4.90 Å². The van der Waals surface area contributed by atoms with Gasteiger partial charge in [-0.05, 0) is 34.9 Å². The fraction of sp³-hybridized carbons (Fsp3) is 0.261. The molecular weight excluding hydrogens is 414 g/mol. The van der Waals surface area contributed by atoms with Crippen molar-refractivity contribution in [3.8, 4) is 0 Å². The largest absolute Gasteiger partial charge is 0.327 e. The van der Waals surface area contributed by atoms with Gasteiger partial charge in [0.15, 0.2) is 5.69 Å². The molecule has 3 heterocycles. The molecule has 0 radical (unpaired) electrons. The van der Waals surface area contributed by atoms with Crippen LogP contribution >= 0.6 is 22.7 Å². The Hall–Kier alpha value is -2.77. The van der Waals surface area contributed by atoms with E-state index in [4.69, 9.17) is 0 Å². The van der Waals surface area contributed by atoms with Gasteiger partial charge in [0.1, 0.15) is 0 Å². The van der Waals surface area contributed by atoms with Crippen molar-refractivity contribution in [3.05, 3.63) is 85.1 Å². The highest BCUT2D eigenvalue weighted by Gasteiger charge is 2.23. The third-order valence-electron chi connectivity index (χ3n) is 4.75. The Kier molecular flexibility index (Phi) is 6.11. The maximum absolute atomic E-state index is 13.7. The lowest BCUT2D eigenvalue weighted by molar-refractivity contribution is 0.0726. The van der Waals surface area contributed by atoms with E-state index in [1.165, 1.54) is 4.68 Å². The summed E-state index contributed by atoms with van der Waals surface area (Å²) in [7, 11) is 0. The highest BCUT2D eigenvalue weighted by Crippen LogP contribution is 2.22. The van der Waals surface area contributed by atoms with Crippen molar-refractivity contribution in [2.24, 2.45) is 5.92 Å². The van der Waals surface area contributed by atoms with Crippen LogP contribution in [0.3, 0.4) is 0 Å². The molecule has 0 aliphatic carbocycles. The van der Waals surface area contributed by atoms with Crippen LogP contribution in [-0.2, 0) is 19.6 Å². The normalized spacial score (nSPS) is 11.3. The zero-order valence-corrected chi connectivity index (χ0v) is 18.6. The van der Waals surface area contributed by atoms with Crippen molar-refractivity contribution in [3.63, 3.8) is 0 Å². The molecule has 3 aromatic heterocycles. The summed E-state index contributed by atoms with van der Waals surface area (Å²) in [5, 5.41) is 9.70. The monoisotopic (exact) mass is 437 g/mol. The van der Waals surface area contributed by atoms with Gasteiger partial charge in [0.25, 0.3) is 11.5 Å². The molecule has 5 nitrogen and oxygen atoms in total. The van der Waals surface area contributed by atoms with Gasteiger partial charge in [0, 0.05) is 21.7 Å². The number of aromatic nitrogens is 2. The summed E-state index contributed by atoms with van der Waals surface area (Å²) in [4.78, 5) is 30.7. The fourth-order valence-electron chi connectivity index (χ4n) is 3.39. The average Bonchev–Trinajstić information content (AvgIpc) is 3.43. The minimum Gasteiger partial charge on any atom is -0.327 e. The van der Waals surface area contributed by atoms with Crippen molar-refractivity contribution in [2.75, 3.05) is 0 Å². The third-order valence-corrected chi connectivity index (χ3v) is 6.47. The van der Waals surface area contributed by atoms with E-state index in [0.717, 1.165) is 9.75 Å². The summed E-state index contributed by atoms with van der Waals surface area (Å²) in [6.45, 7) is 5.55. The van der Waals surface area contributed by atoms with Gasteiger partial charge in [-0.25, -0.2) is 4.68 Å². The lowest BCUT2D eigenvalue weighted by Gasteiger charge is -2.22. The number of hydrogen-bond acceptors (Lipinski definition) is 5. The molecule has 0 unspecified atom stereocenters. The second-order valence-electron chi connectivity index (χ2n) is 7.60. The smallest absolute Gasteiger partial charge is 0.275 e. The maximum atomic E-state index is 13.7. The van der Waals surface area contributed by atoms with Gasteiger partial charge in [-0.15, -0.1) is 22.7 Å². The summed E-state index contributed by atoms with van der Waals surface area (Å²) in [6, 6.07) is 15.3. The summed E-state index contributed by atoms with van der Waals surface area (Å²) < 4.78 is 1.44. The van der Waals surface area contributed by atoms with Gasteiger partial charge in [-0.3, -0.25) is 9.59 Å². The van der Waals surface area contributed by atoms with E-state index in [-0.39, 0.29) is 17.4 Å². The lowest BCUT2D eigenvalue weighted by atomic mass is 10.1. The predicted octanol–water partition coefficient (Wildman–Crippen LogP) is 5.02. The van der Waals surface area contributed by atoms with Gasteiger partial charge in [-0.2, -0.15) is 5.10 Å². The molecule has 1 amide bonds. The second-order valence-corrected chi connectivity index (χ2v) is 9.66. The number of carbonyl (C=O) groups is 1. The molecule has 4 aromatic rings. The van der Waals surface area contributed by atoms with Crippen molar-refractivity contribution in [1.82, 2.24) is 14.7 Å². The number of thiophene rings is 2. The zero-order valence-electron chi connectivity index (χ0n) is 16.9. The highest BCUT2D eigenvalue weighted by molar-refractivity contribution is 7.10. The van der Waals surface area contributed by atoms with Crippen molar-refractivity contribution in [2.45, 2.75) is 33.5 Å². The number of nitrogens with zero attached hydrogens (tertiary/aromatic N) is 3. The molecule has 0 aliphatic rings. The Bertz CT molecular complexity index is 1160. The number of hydrogen-bond donors (Lipinski definition) is 0. The molecule has 0 N–H and O–H groups in total. The SMILES string of the molecule is CC(C)Cn1nc(C(=O)N(Cc2cccs2)Cc2cccs2)c2ccccc2c1=O. The van der Waals surface area contributed by atoms with Crippen LogP contribution in [0.15, 0.2) is 64.1 Å². The minimum absolute atomic E-state index is 0.154. The molecule has 0 fully saturated rings. The lowest BCUT2D eigenvalue weighted by Crippen LogP contribution is -2.34.